The highest BCUT2D eigenvalue weighted by atomic mass is 32.2. The summed E-state index contributed by atoms with van der Waals surface area (Å²) >= 11 is 0. The monoisotopic (exact) mass is 481 g/mol. The zero-order valence-corrected chi connectivity index (χ0v) is 20.0. The molecule has 0 N–H and O–H groups in total. The van der Waals surface area contributed by atoms with E-state index in [-0.39, 0.29) is 29.9 Å². The molecule has 1 aromatic heterocycles. The van der Waals surface area contributed by atoms with Crippen LogP contribution < -0.4 is 4.74 Å². The van der Waals surface area contributed by atoms with Gasteiger partial charge < -0.3 is 14.0 Å². The number of ketones is 1. The Balaban J connectivity index is 1.36. The van der Waals surface area contributed by atoms with E-state index in [1.165, 1.54) is 0 Å². The molecule has 1 fully saturated rings. The molecule has 1 atom stereocenters. The van der Waals surface area contributed by atoms with E-state index >= 15 is 0 Å². The van der Waals surface area contributed by atoms with Crippen molar-refractivity contribution in [2.75, 3.05) is 24.7 Å². The summed E-state index contributed by atoms with van der Waals surface area (Å²) in [4.78, 5) is 25.0. The Bertz CT molecular complexity index is 1310. The van der Waals surface area contributed by atoms with Gasteiger partial charge in [-0.05, 0) is 38.0 Å². The van der Waals surface area contributed by atoms with Gasteiger partial charge in [0, 0.05) is 28.6 Å². The lowest BCUT2D eigenvalue weighted by atomic mass is 10.1. The third-order valence-corrected chi connectivity index (χ3v) is 7.79. The molecule has 1 aliphatic rings. The van der Waals surface area contributed by atoms with E-state index in [1.54, 1.807) is 19.1 Å². The molecule has 178 valence electrons. The lowest BCUT2D eigenvalue weighted by molar-refractivity contribution is -0.144. The predicted octanol–water partition coefficient (Wildman–Crippen LogP) is 3.94. The van der Waals surface area contributed by atoms with Crippen LogP contribution in [-0.4, -0.2) is 49.5 Å². The van der Waals surface area contributed by atoms with Crippen molar-refractivity contribution in [2.45, 2.75) is 26.3 Å². The summed E-state index contributed by atoms with van der Waals surface area (Å²) < 4.78 is 36.5. The molecule has 0 amide bonds. The normalized spacial score (nSPS) is 16.8. The van der Waals surface area contributed by atoms with E-state index in [0.717, 1.165) is 16.8 Å². The standard InChI is InChI=1S/C26H27NO6S/c1-18-14-23(19(2)27(18)21-12-13-34(30,31)17-21)24(28)15-33-26(29)16-32-25-11-7-6-10-22(25)20-8-4-3-5-9-20/h3-11,14,21H,12-13,15-17H2,1-2H3. The van der Waals surface area contributed by atoms with Crippen LogP contribution in [0.2, 0.25) is 0 Å². The van der Waals surface area contributed by atoms with Gasteiger partial charge in [0.2, 0.25) is 5.78 Å². The topological polar surface area (TPSA) is 91.7 Å². The van der Waals surface area contributed by atoms with E-state index in [2.05, 4.69) is 0 Å². The van der Waals surface area contributed by atoms with Crippen LogP contribution in [0, 0.1) is 13.8 Å². The smallest absolute Gasteiger partial charge is 0.344 e. The van der Waals surface area contributed by atoms with Gasteiger partial charge in [-0.3, -0.25) is 4.79 Å². The van der Waals surface area contributed by atoms with Gasteiger partial charge in [-0.2, -0.15) is 0 Å². The number of aryl methyl sites for hydroxylation is 1. The summed E-state index contributed by atoms with van der Waals surface area (Å²) in [6, 6.07) is 18.6. The predicted molar refractivity (Wildman–Crippen MR) is 129 cm³/mol. The van der Waals surface area contributed by atoms with Crippen LogP contribution in [0.25, 0.3) is 11.1 Å². The number of carbonyl (C=O) groups excluding carboxylic acids is 2. The SMILES string of the molecule is Cc1cc(C(=O)COC(=O)COc2ccccc2-c2ccccc2)c(C)n1C1CCS(=O)(=O)C1. The van der Waals surface area contributed by atoms with Gasteiger partial charge in [0.25, 0.3) is 0 Å². The van der Waals surface area contributed by atoms with E-state index in [4.69, 9.17) is 9.47 Å². The Morgan fingerprint density at radius 2 is 1.71 bits per heavy atom. The molecule has 4 rings (SSSR count). The van der Waals surface area contributed by atoms with Crippen molar-refractivity contribution >= 4 is 21.6 Å². The lowest BCUT2D eigenvalue weighted by Crippen LogP contribution is -2.20. The number of carbonyl (C=O) groups is 2. The number of Topliss-reactive ketones (excluding diaryl/α,β-unsaturated/α-hetero) is 1. The molecule has 0 saturated carbocycles. The van der Waals surface area contributed by atoms with Crippen LogP contribution >= 0.6 is 0 Å². The molecule has 1 aliphatic heterocycles. The number of sulfone groups is 1. The van der Waals surface area contributed by atoms with Gasteiger partial charge in [-0.15, -0.1) is 0 Å². The number of hydrogen-bond donors (Lipinski definition) is 0. The van der Waals surface area contributed by atoms with Crippen molar-refractivity contribution in [2.24, 2.45) is 0 Å². The molecule has 3 aromatic rings. The maximum Gasteiger partial charge on any atom is 0.344 e. The summed E-state index contributed by atoms with van der Waals surface area (Å²) in [5.41, 5.74) is 3.76. The van der Waals surface area contributed by atoms with Crippen molar-refractivity contribution in [1.82, 2.24) is 4.57 Å². The number of esters is 1. The molecular formula is C26H27NO6S. The van der Waals surface area contributed by atoms with E-state index < -0.39 is 22.4 Å². The number of nitrogens with zero attached hydrogens (tertiary/aromatic N) is 1. The van der Waals surface area contributed by atoms with Crippen LogP contribution in [0.1, 0.15) is 34.2 Å². The van der Waals surface area contributed by atoms with Crippen molar-refractivity contribution in [3.63, 3.8) is 0 Å². The molecule has 8 heteroatoms. The molecule has 0 radical (unpaired) electrons. The molecule has 1 saturated heterocycles. The average molecular weight is 482 g/mol. The lowest BCUT2D eigenvalue weighted by Gasteiger charge is -2.16. The molecule has 7 nitrogen and oxygen atoms in total. The largest absolute Gasteiger partial charge is 0.481 e. The summed E-state index contributed by atoms with van der Waals surface area (Å²) in [5.74, 6) is -0.200. The highest BCUT2D eigenvalue weighted by molar-refractivity contribution is 7.91. The highest BCUT2D eigenvalue weighted by Crippen LogP contribution is 2.30. The Morgan fingerprint density at radius 1 is 1.00 bits per heavy atom. The second-order valence-corrected chi connectivity index (χ2v) is 10.7. The summed E-state index contributed by atoms with van der Waals surface area (Å²) in [6.07, 6.45) is 0.531. The quantitative estimate of drug-likeness (QED) is 0.358. The molecule has 0 spiro atoms. The fourth-order valence-electron chi connectivity index (χ4n) is 4.45. The molecule has 1 unspecified atom stereocenters. The second-order valence-electron chi connectivity index (χ2n) is 8.45. The fraction of sp³-hybridized carbons (Fsp3) is 0.308. The Morgan fingerprint density at radius 3 is 2.41 bits per heavy atom. The second kappa shape index (κ2) is 9.85. The average Bonchev–Trinajstić information content (AvgIpc) is 3.33. The van der Waals surface area contributed by atoms with Crippen LogP contribution in [0.3, 0.4) is 0 Å². The number of ether oxygens (including phenoxy) is 2. The molecular weight excluding hydrogens is 454 g/mol. The summed E-state index contributed by atoms with van der Waals surface area (Å²) in [7, 11) is -3.05. The van der Waals surface area contributed by atoms with Crippen LogP contribution in [-0.2, 0) is 19.4 Å². The minimum atomic E-state index is -3.05. The zero-order chi connectivity index (χ0) is 24.3. The van der Waals surface area contributed by atoms with Crippen molar-refractivity contribution in [1.29, 1.82) is 0 Å². The van der Waals surface area contributed by atoms with Crippen molar-refractivity contribution < 1.29 is 27.5 Å². The zero-order valence-electron chi connectivity index (χ0n) is 19.2. The molecule has 0 aliphatic carbocycles. The minimum Gasteiger partial charge on any atom is -0.481 e. The van der Waals surface area contributed by atoms with Crippen LogP contribution in [0.15, 0.2) is 60.7 Å². The number of hydrogen-bond acceptors (Lipinski definition) is 6. The third kappa shape index (κ3) is 5.22. The Kier molecular flexibility index (Phi) is 6.88. The van der Waals surface area contributed by atoms with Gasteiger partial charge in [0.05, 0.1) is 11.5 Å². The van der Waals surface area contributed by atoms with Gasteiger partial charge in [-0.25, -0.2) is 13.2 Å². The van der Waals surface area contributed by atoms with Gasteiger partial charge in [0.1, 0.15) is 5.75 Å². The minimum absolute atomic E-state index is 0.0772. The fourth-order valence-corrected chi connectivity index (χ4v) is 6.15. The Hall–Kier alpha value is -3.39. The maximum atomic E-state index is 12.7. The van der Waals surface area contributed by atoms with Crippen molar-refractivity contribution in [3.8, 4) is 16.9 Å². The van der Waals surface area contributed by atoms with Crippen LogP contribution in [0.5, 0.6) is 5.75 Å². The van der Waals surface area contributed by atoms with E-state index in [0.29, 0.717) is 23.4 Å². The third-order valence-electron chi connectivity index (χ3n) is 6.04. The van der Waals surface area contributed by atoms with Crippen LogP contribution in [0.4, 0.5) is 0 Å². The van der Waals surface area contributed by atoms with E-state index in [1.807, 2.05) is 60.0 Å². The van der Waals surface area contributed by atoms with E-state index in [9.17, 15) is 18.0 Å². The van der Waals surface area contributed by atoms with Crippen molar-refractivity contribution in [3.05, 3.63) is 77.6 Å². The number of aromatic nitrogens is 1. The molecule has 2 aromatic carbocycles. The van der Waals surface area contributed by atoms with Gasteiger partial charge >= 0.3 is 5.97 Å². The number of benzene rings is 2. The molecule has 0 bridgehead atoms. The van der Waals surface area contributed by atoms with Gasteiger partial charge in [-0.1, -0.05) is 48.5 Å². The highest BCUT2D eigenvalue weighted by Gasteiger charge is 2.31. The molecule has 2 heterocycles. The first-order chi connectivity index (χ1) is 16.2. The molecule has 34 heavy (non-hydrogen) atoms. The first-order valence-corrected chi connectivity index (χ1v) is 12.9. The first kappa shape index (κ1) is 23.8. The summed E-state index contributed by atoms with van der Waals surface area (Å²) in [5, 5.41) is 0. The maximum absolute atomic E-state index is 12.7. The first-order valence-electron chi connectivity index (χ1n) is 11.1. The Labute approximate surface area is 199 Å². The summed E-state index contributed by atoms with van der Waals surface area (Å²) in [6.45, 7) is 2.90. The number of rotatable bonds is 8. The number of para-hydroxylation sites is 1. The van der Waals surface area contributed by atoms with Gasteiger partial charge in [0.15, 0.2) is 23.1 Å².